The van der Waals surface area contributed by atoms with Crippen molar-refractivity contribution in [3.05, 3.63) is 11.8 Å². The van der Waals surface area contributed by atoms with E-state index in [-0.39, 0.29) is 0 Å². The second-order valence-electron chi connectivity index (χ2n) is 1.92. The molecule has 1 fully saturated rings. The van der Waals surface area contributed by atoms with E-state index in [1.165, 1.54) is 18.8 Å². The molecule has 1 heterocycles. The van der Waals surface area contributed by atoms with Crippen LogP contribution in [-0.4, -0.2) is 18.0 Å². The molecule has 0 N–H and O–H groups in total. The maximum Gasteiger partial charge on any atom is 0.0351 e. The standard InChI is InChI=1S/C6H11N/c1-3-6(2)7-4-5-7/h3H,4-5H2,1-2H3/b6-3-. The normalized spacial score (nSPS) is 20.3. The van der Waals surface area contributed by atoms with Crippen LogP contribution in [0.1, 0.15) is 13.8 Å². The fourth-order valence-electron chi connectivity index (χ4n) is 0.585. The molecule has 1 heteroatoms. The van der Waals surface area contributed by atoms with E-state index in [2.05, 4.69) is 24.8 Å². The molecule has 1 saturated heterocycles. The van der Waals surface area contributed by atoms with Crippen molar-refractivity contribution >= 4 is 0 Å². The molecule has 0 amide bonds. The lowest BCUT2D eigenvalue weighted by molar-refractivity contribution is 0.696. The molecule has 1 aliphatic heterocycles. The van der Waals surface area contributed by atoms with Crippen molar-refractivity contribution in [3.63, 3.8) is 0 Å². The molecule has 0 unspecified atom stereocenters. The van der Waals surface area contributed by atoms with Gasteiger partial charge < -0.3 is 4.90 Å². The molecular weight excluding hydrogens is 86.1 g/mol. The van der Waals surface area contributed by atoms with Crippen molar-refractivity contribution in [2.45, 2.75) is 13.8 Å². The van der Waals surface area contributed by atoms with E-state index in [0.717, 1.165) is 0 Å². The average Bonchev–Trinajstić information content (AvgIpc) is 2.44. The Morgan fingerprint density at radius 3 is 2.29 bits per heavy atom. The Labute approximate surface area is 44.6 Å². The molecule has 0 aromatic carbocycles. The Hall–Kier alpha value is -0.460. The molecule has 7 heavy (non-hydrogen) atoms. The van der Waals surface area contributed by atoms with Gasteiger partial charge in [-0.3, -0.25) is 0 Å². The lowest BCUT2D eigenvalue weighted by Crippen LogP contribution is -1.88. The van der Waals surface area contributed by atoms with Crippen LogP contribution in [0, 0.1) is 0 Å². The minimum Gasteiger partial charge on any atom is -0.372 e. The number of nitrogens with zero attached hydrogens (tertiary/aromatic N) is 1. The quantitative estimate of drug-likeness (QED) is 0.445. The van der Waals surface area contributed by atoms with Gasteiger partial charge >= 0.3 is 0 Å². The van der Waals surface area contributed by atoms with Gasteiger partial charge in [-0.15, -0.1) is 0 Å². The van der Waals surface area contributed by atoms with E-state index in [9.17, 15) is 0 Å². The van der Waals surface area contributed by atoms with Gasteiger partial charge in [0.15, 0.2) is 0 Å². The summed E-state index contributed by atoms with van der Waals surface area (Å²) in [5, 5.41) is 0. The van der Waals surface area contributed by atoms with E-state index < -0.39 is 0 Å². The second-order valence-corrected chi connectivity index (χ2v) is 1.92. The second kappa shape index (κ2) is 1.57. The summed E-state index contributed by atoms with van der Waals surface area (Å²) >= 11 is 0. The van der Waals surface area contributed by atoms with E-state index in [4.69, 9.17) is 0 Å². The van der Waals surface area contributed by atoms with E-state index in [1.807, 2.05) is 0 Å². The van der Waals surface area contributed by atoms with Crippen LogP contribution in [0.4, 0.5) is 0 Å². The molecule has 0 bridgehead atoms. The third-order valence-electron chi connectivity index (χ3n) is 1.36. The number of rotatable bonds is 1. The zero-order valence-electron chi connectivity index (χ0n) is 4.94. The maximum absolute atomic E-state index is 2.33. The van der Waals surface area contributed by atoms with Gasteiger partial charge in [0.1, 0.15) is 0 Å². The molecule has 1 rings (SSSR count). The Morgan fingerprint density at radius 2 is 2.14 bits per heavy atom. The summed E-state index contributed by atoms with van der Waals surface area (Å²) in [6.45, 7) is 6.77. The topological polar surface area (TPSA) is 3.01 Å². The number of hydrogen-bond acceptors (Lipinski definition) is 1. The van der Waals surface area contributed by atoms with E-state index in [1.54, 1.807) is 0 Å². The smallest absolute Gasteiger partial charge is 0.0351 e. The highest BCUT2D eigenvalue weighted by molar-refractivity contribution is 5.01. The van der Waals surface area contributed by atoms with Crippen LogP contribution < -0.4 is 0 Å². The predicted molar refractivity (Wildman–Crippen MR) is 31.0 cm³/mol. The summed E-state index contributed by atoms with van der Waals surface area (Å²) in [6.07, 6.45) is 2.15. The Bertz CT molecular complexity index is 90.4. The Kier molecular flexibility index (Phi) is 1.05. The van der Waals surface area contributed by atoms with Gasteiger partial charge in [-0.2, -0.15) is 0 Å². The molecule has 0 radical (unpaired) electrons. The fourth-order valence-corrected chi connectivity index (χ4v) is 0.585. The lowest BCUT2D eigenvalue weighted by atomic mass is 10.5. The molecule has 1 aliphatic rings. The lowest BCUT2D eigenvalue weighted by Gasteiger charge is -1.96. The molecule has 0 aromatic heterocycles. The highest BCUT2D eigenvalue weighted by atomic mass is 15.3. The zero-order chi connectivity index (χ0) is 5.28. The van der Waals surface area contributed by atoms with Crippen molar-refractivity contribution in [3.8, 4) is 0 Å². The molecule has 0 atom stereocenters. The summed E-state index contributed by atoms with van der Waals surface area (Å²) in [5.41, 5.74) is 1.42. The molecular formula is C6H11N. The van der Waals surface area contributed by atoms with Crippen molar-refractivity contribution in [2.24, 2.45) is 0 Å². The summed E-state index contributed by atoms with van der Waals surface area (Å²) in [7, 11) is 0. The van der Waals surface area contributed by atoms with Gasteiger partial charge in [-0.1, -0.05) is 6.08 Å². The van der Waals surface area contributed by atoms with Crippen LogP contribution in [0.5, 0.6) is 0 Å². The van der Waals surface area contributed by atoms with Crippen LogP contribution in [0.2, 0.25) is 0 Å². The first kappa shape index (κ1) is 4.69. The minimum absolute atomic E-state index is 1.27. The van der Waals surface area contributed by atoms with Gasteiger partial charge in [0.05, 0.1) is 0 Å². The number of allylic oxidation sites excluding steroid dienone is 2. The number of hydrogen-bond donors (Lipinski definition) is 0. The van der Waals surface area contributed by atoms with Crippen molar-refractivity contribution < 1.29 is 0 Å². The Morgan fingerprint density at radius 1 is 1.57 bits per heavy atom. The predicted octanol–water partition coefficient (Wildman–Crippen LogP) is 1.23. The molecule has 0 saturated carbocycles. The molecule has 40 valence electrons. The van der Waals surface area contributed by atoms with Crippen LogP contribution >= 0.6 is 0 Å². The summed E-state index contributed by atoms with van der Waals surface area (Å²) in [4.78, 5) is 2.33. The first-order valence-corrected chi connectivity index (χ1v) is 2.72. The van der Waals surface area contributed by atoms with Crippen molar-refractivity contribution in [1.29, 1.82) is 0 Å². The van der Waals surface area contributed by atoms with Crippen molar-refractivity contribution in [2.75, 3.05) is 13.1 Å². The fraction of sp³-hybridized carbons (Fsp3) is 0.667. The van der Waals surface area contributed by atoms with Gasteiger partial charge in [-0.25, -0.2) is 0 Å². The van der Waals surface area contributed by atoms with Crippen LogP contribution in [-0.2, 0) is 0 Å². The summed E-state index contributed by atoms with van der Waals surface area (Å²) < 4.78 is 0. The highest BCUT2D eigenvalue weighted by Crippen LogP contribution is 2.11. The maximum atomic E-state index is 2.33. The average molecular weight is 97.2 g/mol. The Balaban J connectivity index is 2.37. The van der Waals surface area contributed by atoms with Crippen LogP contribution in [0.15, 0.2) is 11.8 Å². The van der Waals surface area contributed by atoms with Gasteiger partial charge in [0.2, 0.25) is 0 Å². The van der Waals surface area contributed by atoms with Gasteiger partial charge in [-0.05, 0) is 13.8 Å². The zero-order valence-corrected chi connectivity index (χ0v) is 4.94. The molecule has 0 aromatic rings. The van der Waals surface area contributed by atoms with E-state index >= 15 is 0 Å². The first-order valence-electron chi connectivity index (χ1n) is 2.72. The van der Waals surface area contributed by atoms with Crippen LogP contribution in [0.3, 0.4) is 0 Å². The first-order chi connectivity index (χ1) is 3.34. The highest BCUT2D eigenvalue weighted by Gasteiger charge is 2.15. The van der Waals surface area contributed by atoms with Crippen molar-refractivity contribution in [1.82, 2.24) is 4.90 Å². The summed E-state index contributed by atoms with van der Waals surface area (Å²) in [6, 6.07) is 0. The largest absolute Gasteiger partial charge is 0.372 e. The SMILES string of the molecule is C/C=C(/C)N1CC1. The van der Waals surface area contributed by atoms with Crippen LogP contribution in [0.25, 0.3) is 0 Å². The monoisotopic (exact) mass is 97.1 g/mol. The summed E-state index contributed by atoms with van der Waals surface area (Å²) in [5.74, 6) is 0. The van der Waals surface area contributed by atoms with E-state index in [0.29, 0.717) is 0 Å². The molecule has 0 aliphatic carbocycles. The molecule has 1 nitrogen and oxygen atoms in total. The molecule has 0 spiro atoms. The third-order valence-corrected chi connectivity index (χ3v) is 1.36. The third kappa shape index (κ3) is 0.952. The van der Waals surface area contributed by atoms with Gasteiger partial charge in [0.25, 0.3) is 0 Å². The minimum atomic E-state index is 1.27. The van der Waals surface area contributed by atoms with Gasteiger partial charge in [0, 0.05) is 18.8 Å².